The molecule has 0 atom stereocenters. The number of benzene rings is 1. The highest BCUT2D eigenvalue weighted by Crippen LogP contribution is 2.20. The van der Waals surface area contributed by atoms with Gasteiger partial charge in [-0.25, -0.2) is 4.39 Å². The van der Waals surface area contributed by atoms with Crippen LogP contribution in [0.15, 0.2) is 28.8 Å². The van der Waals surface area contributed by atoms with Crippen molar-refractivity contribution >= 4 is 17.5 Å². The minimum absolute atomic E-state index is 0.0363. The van der Waals surface area contributed by atoms with Gasteiger partial charge in [-0.3, -0.25) is 9.48 Å². The summed E-state index contributed by atoms with van der Waals surface area (Å²) in [5.74, 6) is 0.0318. The normalized spacial score (nSPS) is 10.9. The van der Waals surface area contributed by atoms with Crippen LogP contribution in [0.3, 0.4) is 0 Å². The Morgan fingerprint density at radius 3 is 2.82 bits per heavy atom. The molecule has 2 aromatic heterocycles. The Morgan fingerprint density at radius 1 is 1.36 bits per heavy atom. The largest absolute Gasteiger partial charge is 0.489 e. The van der Waals surface area contributed by atoms with Gasteiger partial charge in [0.15, 0.2) is 5.69 Å². The highest BCUT2D eigenvalue weighted by atomic mass is 35.5. The molecule has 28 heavy (non-hydrogen) atoms. The average Bonchev–Trinajstić information content (AvgIpc) is 3.15. The highest BCUT2D eigenvalue weighted by molar-refractivity contribution is 6.31. The maximum absolute atomic E-state index is 13.3. The second-order valence-electron chi connectivity index (χ2n) is 6.28. The predicted molar refractivity (Wildman–Crippen MR) is 101 cm³/mol. The summed E-state index contributed by atoms with van der Waals surface area (Å²) < 4.78 is 25.7. The molecule has 0 fully saturated rings. The number of halogens is 2. The van der Waals surface area contributed by atoms with Crippen LogP contribution >= 0.6 is 11.6 Å². The van der Waals surface area contributed by atoms with E-state index in [1.165, 1.54) is 12.1 Å². The molecule has 3 rings (SSSR count). The summed E-state index contributed by atoms with van der Waals surface area (Å²) in [5.41, 5.74) is 2.24. The third kappa shape index (κ3) is 4.33. The van der Waals surface area contributed by atoms with E-state index in [2.05, 4.69) is 15.6 Å². The topological polar surface area (TPSA) is 82.2 Å². The van der Waals surface area contributed by atoms with Gasteiger partial charge in [0.1, 0.15) is 23.9 Å². The number of hydrogen-bond donors (Lipinski definition) is 1. The molecule has 0 aliphatic rings. The molecule has 1 aromatic carbocycles. The van der Waals surface area contributed by atoms with E-state index in [1.54, 1.807) is 23.7 Å². The summed E-state index contributed by atoms with van der Waals surface area (Å²) in [7, 11) is 0. The summed E-state index contributed by atoms with van der Waals surface area (Å²) >= 11 is 6.12. The van der Waals surface area contributed by atoms with Gasteiger partial charge in [-0.2, -0.15) is 5.10 Å². The molecule has 0 unspecified atom stereocenters. The standard InChI is InChI=1S/C19H20ClFN4O3/c1-11-17(20)12(2)25(23-11)8-7-22-19(26)18-16(13(3)28-24-18)10-27-15-6-4-5-14(21)9-15/h4-6,9H,7-8,10H2,1-3H3,(H,22,26). The number of hydrogen-bond acceptors (Lipinski definition) is 5. The zero-order chi connectivity index (χ0) is 20.3. The van der Waals surface area contributed by atoms with Gasteiger partial charge < -0.3 is 14.6 Å². The molecule has 0 saturated carbocycles. The Morgan fingerprint density at radius 2 is 2.14 bits per heavy atom. The van der Waals surface area contributed by atoms with Crippen molar-refractivity contribution in [3.05, 3.63) is 63.5 Å². The molecule has 2 heterocycles. The first kappa shape index (κ1) is 19.9. The van der Waals surface area contributed by atoms with Crippen LogP contribution in [0.2, 0.25) is 5.02 Å². The zero-order valence-corrected chi connectivity index (χ0v) is 16.5. The smallest absolute Gasteiger partial charge is 0.273 e. The SMILES string of the molecule is Cc1nn(CCNC(=O)c2noc(C)c2COc2cccc(F)c2)c(C)c1Cl. The summed E-state index contributed by atoms with van der Waals surface area (Å²) in [6.07, 6.45) is 0. The molecule has 0 saturated heterocycles. The first-order valence-corrected chi connectivity index (χ1v) is 9.06. The van der Waals surface area contributed by atoms with Gasteiger partial charge in [-0.1, -0.05) is 22.8 Å². The van der Waals surface area contributed by atoms with Crippen LogP contribution in [0.5, 0.6) is 5.75 Å². The Bertz CT molecular complexity index is 999. The molecule has 3 aromatic rings. The number of rotatable bonds is 7. The van der Waals surface area contributed by atoms with Crippen LogP contribution in [0.1, 0.15) is 33.2 Å². The number of nitrogens with zero attached hydrogens (tertiary/aromatic N) is 3. The van der Waals surface area contributed by atoms with Gasteiger partial charge in [-0.05, 0) is 32.9 Å². The van der Waals surface area contributed by atoms with E-state index in [0.717, 1.165) is 11.4 Å². The number of aryl methyl sites for hydroxylation is 2. The first-order valence-electron chi connectivity index (χ1n) is 8.68. The van der Waals surface area contributed by atoms with Gasteiger partial charge >= 0.3 is 0 Å². The summed E-state index contributed by atoms with van der Waals surface area (Å²) in [4.78, 5) is 12.5. The summed E-state index contributed by atoms with van der Waals surface area (Å²) in [6, 6.07) is 5.77. The number of carbonyl (C=O) groups excluding carboxylic acids is 1. The van der Waals surface area contributed by atoms with E-state index in [1.807, 2.05) is 13.8 Å². The molecule has 0 spiro atoms. The van der Waals surface area contributed by atoms with Crippen LogP contribution in [0.4, 0.5) is 4.39 Å². The number of amides is 1. The van der Waals surface area contributed by atoms with Crippen molar-refractivity contribution in [2.24, 2.45) is 0 Å². The van der Waals surface area contributed by atoms with Crippen molar-refractivity contribution in [1.82, 2.24) is 20.3 Å². The fourth-order valence-electron chi connectivity index (χ4n) is 2.70. The van der Waals surface area contributed by atoms with E-state index in [4.69, 9.17) is 20.9 Å². The van der Waals surface area contributed by atoms with Gasteiger partial charge in [0.2, 0.25) is 0 Å². The monoisotopic (exact) mass is 406 g/mol. The van der Waals surface area contributed by atoms with E-state index in [0.29, 0.717) is 35.2 Å². The molecule has 7 nitrogen and oxygen atoms in total. The lowest BCUT2D eigenvalue weighted by Crippen LogP contribution is -2.29. The number of nitrogens with one attached hydrogen (secondary N) is 1. The van der Waals surface area contributed by atoms with E-state index < -0.39 is 5.82 Å². The van der Waals surface area contributed by atoms with E-state index in [9.17, 15) is 9.18 Å². The van der Waals surface area contributed by atoms with Crippen molar-refractivity contribution in [2.45, 2.75) is 33.9 Å². The molecule has 0 radical (unpaired) electrons. The van der Waals surface area contributed by atoms with Gasteiger partial charge in [0.05, 0.1) is 28.5 Å². The van der Waals surface area contributed by atoms with Gasteiger partial charge in [-0.15, -0.1) is 0 Å². The van der Waals surface area contributed by atoms with Crippen LogP contribution in [0, 0.1) is 26.6 Å². The maximum Gasteiger partial charge on any atom is 0.273 e. The molecule has 0 bridgehead atoms. The molecule has 9 heteroatoms. The quantitative estimate of drug-likeness (QED) is 0.648. The van der Waals surface area contributed by atoms with Crippen LogP contribution in [-0.2, 0) is 13.2 Å². The molecule has 0 aliphatic heterocycles. The summed E-state index contributed by atoms with van der Waals surface area (Å²) in [5, 5.41) is 11.5. The highest BCUT2D eigenvalue weighted by Gasteiger charge is 2.20. The molecule has 148 valence electrons. The Labute approximate surface area is 166 Å². The molecular weight excluding hydrogens is 387 g/mol. The number of carbonyl (C=O) groups is 1. The molecule has 1 N–H and O–H groups in total. The molecule has 1 amide bonds. The fourth-order valence-corrected chi connectivity index (χ4v) is 2.84. The Balaban J connectivity index is 1.61. The second-order valence-corrected chi connectivity index (χ2v) is 6.65. The average molecular weight is 407 g/mol. The van der Waals surface area contributed by atoms with Crippen LogP contribution in [-0.4, -0.2) is 27.4 Å². The minimum Gasteiger partial charge on any atom is -0.489 e. The van der Waals surface area contributed by atoms with E-state index in [-0.39, 0.29) is 18.2 Å². The number of aromatic nitrogens is 3. The number of ether oxygens (including phenoxy) is 1. The second kappa shape index (κ2) is 8.43. The lowest BCUT2D eigenvalue weighted by Gasteiger charge is -2.08. The zero-order valence-electron chi connectivity index (χ0n) is 15.8. The van der Waals surface area contributed by atoms with Crippen molar-refractivity contribution in [1.29, 1.82) is 0 Å². The summed E-state index contributed by atoms with van der Waals surface area (Å²) in [6.45, 7) is 6.23. The lowest BCUT2D eigenvalue weighted by molar-refractivity contribution is 0.0940. The Kier molecular flexibility index (Phi) is 5.99. The fraction of sp³-hybridized carbons (Fsp3) is 0.316. The lowest BCUT2D eigenvalue weighted by atomic mass is 10.2. The van der Waals surface area contributed by atoms with Crippen molar-refractivity contribution < 1.29 is 18.4 Å². The third-order valence-electron chi connectivity index (χ3n) is 4.28. The minimum atomic E-state index is -0.401. The van der Waals surface area contributed by atoms with Crippen LogP contribution < -0.4 is 10.1 Å². The molecule has 0 aliphatic carbocycles. The van der Waals surface area contributed by atoms with Crippen LogP contribution in [0.25, 0.3) is 0 Å². The van der Waals surface area contributed by atoms with Crippen molar-refractivity contribution in [3.63, 3.8) is 0 Å². The van der Waals surface area contributed by atoms with Crippen molar-refractivity contribution in [2.75, 3.05) is 6.54 Å². The van der Waals surface area contributed by atoms with Gasteiger partial charge in [0.25, 0.3) is 5.91 Å². The predicted octanol–water partition coefficient (Wildman–Crippen LogP) is 3.60. The van der Waals surface area contributed by atoms with E-state index >= 15 is 0 Å². The first-order chi connectivity index (χ1) is 13.4. The van der Waals surface area contributed by atoms with Gasteiger partial charge in [0, 0.05) is 12.6 Å². The Hall–Kier alpha value is -2.87. The van der Waals surface area contributed by atoms with Crippen molar-refractivity contribution in [3.8, 4) is 5.75 Å². The maximum atomic E-state index is 13.3. The molecular formula is C19H20ClFN4O3. The third-order valence-corrected chi connectivity index (χ3v) is 4.83.